The van der Waals surface area contributed by atoms with Crippen LogP contribution in [0.3, 0.4) is 0 Å². The van der Waals surface area contributed by atoms with Crippen molar-refractivity contribution in [2.75, 3.05) is 5.75 Å². The van der Waals surface area contributed by atoms with E-state index in [2.05, 4.69) is 10.6 Å². The summed E-state index contributed by atoms with van der Waals surface area (Å²) in [5.74, 6) is 0.135. The summed E-state index contributed by atoms with van der Waals surface area (Å²) in [7, 11) is 0. The third-order valence-corrected chi connectivity index (χ3v) is 2.42. The highest BCUT2D eigenvalue weighted by molar-refractivity contribution is 8.14. The summed E-state index contributed by atoms with van der Waals surface area (Å²) in [6, 6.07) is 0.868. The van der Waals surface area contributed by atoms with Gasteiger partial charge in [-0.1, -0.05) is 11.8 Å². The Bertz CT molecular complexity index is 273. The van der Waals surface area contributed by atoms with Crippen LogP contribution in [0.2, 0.25) is 0 Å². The normalized spacial score (nSPS) is 23.1. The zero-order valence-electron chi connectivity index (χ0n) is 7.03. The minimum absolute atomic E-state index is 0.190. The molecule has 2 amide bonds. The van der Waals surface area contributed by atoms with Crippen LogP contribution in [-0.2, 0) is 4.79 Å². The highest BCUT2D eigenvalue weighted by atomic mass is 32.2. The van der Waals surface area contributed by atoms with Crippen molar-refractivity contribution < 1.29 is 9.59 Å². The van der Waals surface area contributed by atoms with E-state index in [0.717, 1.165) is 11.8 Å². The second-order valence-electron chi connectivity index (χ2n) is 2.65. The summed E-state index contributed by atoms with van der Waals surface area (Å²) in [6.07, 6.45) is 0. The van der Waals surface area contributed by atoms with Gasteiger partial charge in [0.05, 0.1) is 6.07 Å². The number of hydrogen-bond acceptors (Lipinski definition) is 4. The lowest BCUT2D eigenvalue weighted by molar-refractivity contribution is -0.122. The van der Waals surface area contributed by atoms with Crippen molar-refractivity contribution in [3.05, 3.63) is 0 Å². The summed E-state index contributed by atoms with van der Waals surface area (Å²) >= 11 is 1.07. The van der Waals surface area contributed by atoms with Crippen LogP contribution >= 0.6 is 11.8 Å². The van der Waals surface area contributed by atoms with Crippen LogP contribution in [0.1, 0.15) is 6.92 Å². The first-order valence-corrected chi connectivity index (χ1v) is 4.75. The van der Waals surface area contributed by atoms with Gasteiger partial charge in [0.1, 0.15) is 12.1 Å². The molecular formula is C7H9N3O2S. The molecule has 2 unspecified atom stereocenters. The van der Waals surface area contributed by atoms with Crippen LogP contribution in [-0.4, -0.2) is 29.0 Å². The second kappa shape index (κ2) is 4.14. The quantitative estimate of drug-likeness (QED) is 0.647. The minimum Gasteiger partial charge on any atom is -0.339 e. The van der Waals surface area contributed by atoms with Gasteiger partial charge < -0.3 is 10.6 Å². The molecule has 0 bridgehead atoms. The van der Waals surface area contributed by atoms with E-state index in [9.17, 15) is 9.59 Å². The molecule has 6 heteroatoms. The first kappa shape index (κ1) is 9.86. The Hall–Kier alpha value is -1.22. The summed E-state index contributed by atoms with van der Waals surface area (Å²) < 4.78 is 0. The van der Waals surface area contributed by atoms with Gasteiger partial charge in [-0.2, -0.15) is 5.26 Å². The van der Waals surface area contributed by atoms with E-state index >= 15 is 0 Å². The van der Waals surface area contributed by atoms with E-state index in [-0.39, 0.29) is 11.1 Å². The van der Waals surface area contributed by atoms with E-state index < -0.39 is 12.1 Å². The topological polar surface area (TPSA) is 82.0 Å². The first-order valence-electron chi connectivity index (χ1n) is 3.76. The molecule has 2 atom stereocenters. The van der Waals surface area contributed by atoms with Crippen LogP contribution in [0, 0.1) is 11.3 Å². The maximum Gasteiger partial charge on any atom is 0.279 e. The minimum atomic E-state index is -0.519. The average Bonchev–Trinajstić information content (AvgIpc) is 2.51. The zero-order chi connectivity index (χ0) is 9.84. The molecule has 0 radical (unpaired) electrons. The first-order chi connectivity index (χ1) is 6.13. The number of nitrogens with zero attached hydrogens (tertiary/aromatic N) is 1. The molecule has 2 N–H and O–H groups in total. The zero-order valence-corrected chi connectivity index (χ0v) is 7.85. The Labute approximate surface area is 79.9 Å². The number of carbonyl (C=O) groups excluding carboxylic acids is 2. The van der Waals surface area contributed by atoms with Gasteiger partial charge in [-0.3, -0.25) is 9.59 Å². The van der Waals surface area contributed by atoms with Crippen molar-refractivity contribution in [2.45, 2.75) is 19.0 Å². The number of nitrogens with one attached hydrogen (secondary N) is 2. The number of thioether (sulfide) groups is 1. The predicted molar refractivity (Wildman–Crippen MR) is 48.0 cm³/mol. The van der Waals surface area contributed by atoms with E-state index in [0.29, 0.717) is 5.75 Å². The van der Waals surface area contributed by atoms with Gasteiger partial charge in [0.25, 0.3) is 5.24 Å². The van der Waals surface area contributed by atoms with Gasteiger partial charge in [-0.15, -0.1) is 0 Å². The lowest BCUT2D eigenvalue weighted by Crippen LogP contribution is -2.45. The molecule has 1 aliphatic heterocycles. The third-order valence-electron chi connectivity index (χ3n) is 1.54. The van der Waals surface area contributed by atoms with Gasteiger partial charge in [-0.05, 0) is 6.92 Å². The standard InChI is InChI=1S/C7H9N3O2S/c1-4(2-8)9-6(11)5-3-13-7(12)10-5/h4-5H,3H2,1H3,(H,9,11)(H,10,12). The van der Waals surface area contributed by atoms with Gasteiger partial charge >= 0.3 is 0 Å². The Morgan fingerprint density at radius 3 is 3.08 bits per heavy atom. The fourth-order valence-electron chi connectivity index (χ4n) is 0.872. The van der Waals surface area contributed by atoms with Crippen molar-refractivity contribution in [2.24, 2.45) is 0 Å². The number of hydrogen-bond donors (Lipinski definition) is 2. The van der Waals surface area contributed by atoms with Crippen LogP contribution in [0.25, 0.3) is 0 Å². The molecule has 0 aliphatic carbocycles. The molecule has 13 heavy (non-hydrogen) atoms. The summed E-state index contributed by atoms with van der Waals surface area (Å²) in [5, 5.41) is 13.2. The maximum atomic E-state index is 11.3. The molecule has 0 aromatic heterocycles. The van der Waals surface area contributed by atoms with E-state index in [1.54, 1.807) is 6.92 Å². The third kappa shape index (κ3) is 2.63. The molecule has 70 valence electrons. The van der Waals surface area contributed by atoms with Crippen molar-refractivity contribution in [3.63, 3.8) is 0 Å². The molecule has 0 aromatic rings. The van der Waals surface area contributed by atoms with Crippen molar-refractivity contribution in [3.8, 4) is 6.07 Å². The van der Waals surface area contributed by atoms with Crippen molar-refractivity contribution in [1.82, 2.24) is 10.6 Å². The molecule has 0 spiro atoms. The summed E-state index contributed by atoms with van der Waals surface area (Å²) in [4.78, 5) is 22.0. The number of carbonyl (C=O) groups is 2. The lowest BCUT2D eigenvalue weighted by Gasteiger charge is -2.10. The Morgan fingerprint density at radius 2 is 2.62 bits per heavy atom. The number of amides is 2. The second-order valence-corrected chi connectivity index (χ2v) is 3.65. The van der Waals surface area contributed by atoms with Gasteiger partial charge in [0.2, 0.25) is 5.91 Å². The highest BCUT2D eigenvalue weighted by Gasteiger charge is 2.28. The lowest BCUT2D eigenvalue weighted by atomic mass is 10.3. The number of nitriles is 1. The Balaban J connectivity index is 2.41. The van der Waals surface area contributed by atoms with E-state index in [1.807, 2.05) is 6.07 Å². The van der Waals surface area contributed by atoms with Crippen molar-refractivity contribution in [1.29, 1.82) is 5.26 Å². The van der Waals surface area contributed by atoms with E-state index in [1.165, 1.54) is 0 Å². The Morgan fingerprint density at radius 1 is 1.92 bits per heavy atom. The summed E-state index contributed by atoms with van der Waals surface area (Å²) in [6.45, 7) is 1.59. The molecule has 1 saturated heterocycles. The molecular weight excluding hydrogens is 190 g/mol. The van der Waals surface area contributed by atoms with Crippen LogP contribution < -0.4 is 10.6 Å². The molecule has 1 aliphatic rings. The molecule has 1 fully saturated rings. The molecule has 5 nitrogen and oxygen atoms in total. The highest BCUT2D eigenvalue weighted by Crippen LogP contribution is 2.12. The predicted octanol–water partition coefficient (Wildman–Crippen LogP) is -0.160. The van der Waals surface area contributed by atoms with Gasteiger partial charge in [0, 0.05) is 5.75 Å². The van der Waals surface area contributed by atoms with Crippen LogP contribution in [0.4, 0.5) is 4.79 Å². The van der Waals surface area contributed by atoms with E-state index in [4.69, 9.17) is 5.26 Å². The Kier molecular flexibility index (Phi) is 3.14. The smallest absolute Gasteiger partial charge is 0.279 e. The fourth-order valence-corrected chi connectivity index (χ4v) is 1.65. The van der Waals surface area contributed by atoms with Crippen LogP contribution in [0.5, 0.6) is 0 Å². The van der Waals surface area contributed by atoms with Gasteiger partial charge in [-0.25, -0.2) is 0 Å². The molecule has 0 saturated carbocycles. The van der Waals surface area contributed by atoms with Gasteiger partial charge in [0.15, 0.2) is 0 Å². The SMILES string of the molecule is CC(C#N)NC(=O)C1CSC(=O)N1. The maximum absolute atomic E-state index is 11.3. The largest absolute Gasteiger partial charge is 0.339 e. The van der Waals surface area contributed by atoms with Crippen molar-refractivity contribution >= 4 is 22.9 Å². The average molecular weight is 199 g/mol. The number of rotatable bonds is 2. The summed E-state index contributed by atoms with van der Waals surface area (Å²) in [5.41, 5.74) is 0. The monoisotopic (exact) mass is 199 g/mol. The fraction of sp³-hybridized carbons (Fsp3) is 0.571. The molecule has 0 aromatic carbocycles. The molecule has 1 heterocycles. The molecule has 1 rings (SSSR count). The van der Waals surface area contributed by atoms with Crippen LogP contribution in [0.15, 0.2) is 0 Å².